The summed E-state index contributed by atoms with van der Waals surface area (Å²) in [7, 11) is 0. The predicted octanol–water partition coefficient (Wildman–Crippen LogP) is 3.24. The van der Waals surface area contributed by atoms with Gasteiger partial charge in [-0.05, 0) is 37.9 Å². The molecule has 0 spiro atoms. The van der Waals surface area contributed by atoms with Crippen LogP contribution in [0.2, 0.25) is 0 Å². The first kappa shape index (κ1) is 16.2. The summed E-state index contributed by atoms with van der Waals surface area (Å²) in [6.45, 7) is 9.81. The molecule has 0 aliphatic carbocycles. The molecule has 2 aliphatic heterocycles. The standard InChI is InChI=1S/C16H30N2OS/c1-5-8-13-17-14(12(3)6-2)15(19)18(13)11-16(4)9-7-10-20-16/h12-14,17H,5-11H2,1-4H3. The molecular weight excluding hydrogens is 268 g/mol. The van der Waals surface area contributed by atoms with Crippen LogP contribution in [0.5, 0.6) is 0 Å². The molecule has 20 heavy (non-hydrogen) atoms. The van der Waals surface area contributed by atoms with Gasteiger partial charge in [-0.3, -0.25) is 10.1 Å². The van der Waals surface area contributed by atoms with Gasteiger partial charge in [0.1, 0.15) is 0 Å². The minimum absolute atomic E-state index is 0.0338. The van der Waals surface area contributed by atoms with Crippen molar-refractivity contribution in [1.29, 1.82) is 0 Å². The van der Waals surface area contributed by atoms with Crippen molar-refractivity contribution in [3.05, 3.63) is 0 Å². The molecule has 1 N–H and O–H groups in total. The number of thioether (sulfide) groups is 1. The van der Waals surface area contributed by atoms with Gasteiger partial charge in [0.2, 0.25) is 5.91 Å². The number of rotatable bonds is 6. The molecule has 0 aromatic heterocycles. The average Bonchev–Trinajstić information content (AvgIpc) is 2.97. The Morgan fingerprint density at radius 2 is 2.25 bits per heavy atom. The third-order valence-corrected chi connectivity index (χ3v) is 6.40. The largest absolute Gasteiger partial charge is 0.324 e. The van der Waals surface area contributed by atoms with Gasteiger partial charge in [-0.15, -0.1) is 0 Å². The third kappa shape index (κ3) is 3.33. The Labute approximate surface area is 128 Å². The van der Waals surface area contributed by atoms with E-state index < -0.39 is 0 Å². The topological polar surface area (TPSA) is 32.3 Å². The van der Waals surface area contributed by atoms with E-state index in [4.69, 9.17) is 0 Å². The van der Waals surface area contributed by atoms with Crippen LogP contribution < -0.4 is 5.32 Å². The van der Waals surface area contributed by atoms with Gasteiger partial charge in [0.15, 0.2) is 0 Å². The van der Waals surface area contributed by atoms with Gasteiger partial charge >= 0.3 is 0 Å². The van der Waals surface area contributed by atoms with Gasteiger partial charge in [0.25, 0.3) is 0 Å². The summed E-state index contributed by atoms with van der Waals surface area (Å²) in [6.07, 6.45) is 6.04. The lowest BCUT2D eigenvalue weighted by molar-refractivity contribution is -0.131. The number of amides is 1. The van der Waals surface area contributed by atoms with Crippen LogP contribution in [0.25, 0.3) is 0 Å². The van der Waals surface area contributed by atoms with Gasteiger partial charge < -0.3 is 4.90 Å². The van der Waals surface area contributed by atoms with Crippen molar-refractivity contribution < 1.29 is 4.79 Å². The van der Waals surface area contributed by atoms with Crippen LogP contribution in [0.15, 0.2) is 0 Å². The van der Waals surface area contributed by atoms with Crippen molar-refractivity contribution in [2.45, 2.75) is 76.8 Å². The monoisotopic (exact) mass is 298 g/mol. The van der Waals surface area contributed by atoms with Crippen molar-refractivity contribution >= 4 is 17.7 Å². The number of hydrogen-bond donors (Lipinski definition) is 1. The quantitative estimate of drug-likeness (QED) is 0.817. The normalized spacial score (nSPS) is 35.8. The van der Waals surface area contributed by atoms with Crippen LogP contribution >= 0.6 is 11.8 Å². The molecule has 3 nitrogen and oxygen atoms in total. The SMILES string of the molecule is CCCC1NC(C(C)CC)C(=O)N1CC1(C)CCCS1. The first-order valence-electron chi connectivity index (χ1n) is 8.21. The fourth-order valence-corrected chi connectivity index (χ4v) is 4.67. The van der Waals surface area contributed by atoms with E-state index in [1.54, 1.807) is 0 Å². The molecule has 2 rings (SSSR count). The van der Waals surface area contributed by atoms with Crippen LogP contribution in [-0.4, -0.2) is 40.1 Å². The molecule has 0 bridgehead atoms. The van der Waals surface area contributed by atoms with E-state index in [9.17, 15) is 4.79 Å². The van der Waals surface area contributed by atoms with E-state index in [0.717, 1.165) is 25.8 Å². The van der Waals surface area contributed by atoms with Gasteiger partial charge in [0.05, 0.1) is 12.2 Å². The molecule has 2 fully saturated rings. The van der Waals surface area contributed by atoms with Gasteiger partial charge in [-0.25, -0.2) is 0 Å². The zero-order chi connectivity index (χ0) is 14.8. The number of carbonyl (C=O) groups excluding carboxylic acids is 1. The van der Waals surface area contributed by atoms with Crippen molar-refractivity contribution in [3.63, 3.8) is 0 Å². The highest BCUT2D eigenvalue weighted by atomic mass is 32.2. The first-order valence-corrected chi connectivity index (χ1v) is 9.20. The summed E-state index contributed by atoms with van der Waals surface area (Å²) in [5, 5.41) is 3.60. The molecule has 2 aliphatic rings. The van der Waals surface area contributed by atoms with Gasteiger partial charge in [0, 0.05) is 11.3 Å². The van der Waals surface area contributed by atoms with E-state index >= 15 is 0 Å². The fourth-order valence-electron chi connectivity index (χ4n) is 3.37. The zero-order valence-corrected chi connectivity index (χ0v) is 14.3. The van der Waals surface area contributed by atoms with Crippen molar-refractivity contribution in [1.82, 2.24) is 10.2 Å². The van der Waals surface area contributed by atoms with E-state index in [1.165, 1.54) is 18.6 Å². The summed E-state index contributed by atoms with van der Waals surface area (Å²) >= 11 is 2.05. The summed E-state index contributed by atoms with van der Waals surface area (Å²) in [5.41, 5.74) is 0. The van der Waals surface area contributed by atoms with Crippen LogP contribution in [0.3, 0.4) is 0 Å². The highest BCUT2D eigenvalue weighted by Crippen LogP contribution is 2.39. The molecule has 4 atom stereocenters. The molecule has 1 amide bonds. The van der Waals surface area contributed by atoms with Gasteiger partial charge in [-0.1, -0.05) is 33.6 Å². The average molecular weight is 298 g/mol. The predicted molar refractivity (Wildman–Crippen MR) is 86.9 cm³/mol. The number of nitrogens with zero attached hydrogens (tertiary/aromatic N) is 1. The molecular formula is C16H30N2OS. The Bertz CT molecular complexity index is 341. The molecule has 2 saturated heterocycles. The first-order chi connectivity index (χ1) is 9.50. The van der Waals surface area contributed by atoms with E-state index in [2.05, 4.69) is 37.9 Å². The highest BCUT2D eigenvalue weighted by Gasteiger charge is 2.44. The molecule has 0 radical (unpaired) electrons. The number of nitrogens with one attached hydrogen (secondary N) is 1. The second-order valence-electron chi connectivity index (χ2n) is 6.70. The highest BCUT2D eigenvalue weighted by molar-refractivity contribution is 8.00. The molecule has 0 aromatic carbocycles. The fraction of sp³-hybridized carbons (Fsp3) is 0.938. The lowest BCUT2D eigenvalue weighted by Gasteiger charge is -2.32. The second kappa shape index (κ2) is 6.69. The Morgan fingerprint density at radius 1 is 1.50 bits per heavy atom. The molecule has 116 valence electrons. The lowest BCUT2D eigenvalue weighted by Crippen LogP contribution is -2.44. The Hall–Kier alpha value is -0.220. The number of hydrogen-bond acceptors (Lipinski definition) is 3. The summed E-state index contributed by atoms with van der Waals surface area (Å²) < 4.78 is 0.272. The lowest BCUT2D eigenvalue weighted by atomic mass is 9.99. The summed E-state index contributed by atoms with van der Waals surface area (Å²) in [4.78, 5) is 14.9. The van der Waals surface area contributed by atoms with E-state index in [-0.39, 0.29) is 17.0 Å². The summed E-state index contributed by atoms with van der Waals surface area (Å²) in [6, 6.07) is 0.0338. The van der Waals surface area contributed by atoms with Crippen LogP contribution in [0.1, 0.15) is 59.8 Å². The maximum absolute atomic E-state index is 12.8. The Balaban J connectivity index is 2.08. The smallest absolute Gasteiger partial charge is 0.241 e. The van der Waals surface area contributed by atoms with E-state index in [0.29, 0.717) is 11.8 Å². The second-order valence-corrected chi connectivity index (χ2v) is 8.38. The molecule has 0 saturated carbocycles. The third-order valence-electron chi connectivity index (χ3n) is 4.88. The minimum atomic E-state index is 0.0338. The van der Waals surface area contributed by atoms with Crippen molar-refractivity contribution in [2.75, 3.05) is 12.3 Å². The maximum Gasteiger partial charge on any atom is 0.241 e. The molecule has 0 aromatic rings. The van der Waals surface area contributed by atoms with Crippen LogP contribution in [0, 0.1) is 5.92 Å². The molecule has 4 unspecified atom stereocenters. The van der Waals surface area contributed by atoms with Crippen LogP contribution in [0.4, 0.5) is 0 Å². The van der Waals surface area contributed by atoms with E-state index in [1.807, 2.05) is 11.8 Å². The van der Waals surface area contributed by atoms with Crippen molar-refractivity contribution in [3.8, 4) is 0 Å². The number of carbonyl (C=O) groups is 1. The summed E-state index contributed by atoms with van der Waals surface area (Å²) in [5.74, 6) is 2.02. The Morgan fingerprint density at radius 3 is 2.80 bits per heavy atom. The van der Waals surface area contributed by atoms with Gasteiger partial charge in [-0.2, -0.15) is 11.8 Å². The molecule has 4 heteroatoms. The Kier molecular flexibility index (Phi) is 5.41. The molecule has 2 heterocycles. The van der Waals surface area contributed by atoms with Crippen molar-refractivity contribution in [2.24, 2.45) is 5.92 Å². The van der Waals surface area contributed by atoms with Crippen LogP contribution in [-0.2, 0) is 4.79 Å². The maximum atomic E-state index is 12.8. The minimum Gasteiger partial charge on any atom is -0.324 e. The zero-order valence-electron chi connectivity index (χ0n) is 13.4.